The second-order valence-electron chi connectivity index (χ2n) is 3.97. The predicted octanol–water partition coefficient (Wildman–Crippen LogP) is 1.04. The minimum atomic E-state index is -0.723. The molecule has 1 heterocycles. The number of carbonyl (C=O) groups excluding carboxylic acids is 2. The van der Waals surface area contributed by atoms with Gasteiger partial charge in [-0.25, -0.2) is 4.79 Å². The first-order valence-electron chi connectivity index (χ1n) is 5.58. The SMILES string of the molecule is COC(=O)C(=O)CC1CCCCCCN1. The highest BCUT2D eigenvalue weighted by atomic mass is 16.5. The molecule has 0 aromatic heterocycles. The van der Waals surface area contributed by atoms with Crippen LogP contribution in [0, 0.1) is 0 Å². The van der Waals surface area contributed by atoms with Crippen molar-refractivity contribution in [3.63, 3.8) is 0 Å². The lowest BCUT2D eigenvalue weighted by molar-refractivity contribution is -0.151. The Morgan fingerprint density at radius 2 is 2.00 bits per heavy atom. The van der Waals surface area contributed by atoms with Crippen LogP contribution in [0.1, 0.15) is 38.5 Å². The maximum absolute atomic E-state index is 11.3. The van der Waals surface area contributed by atoms with Gasteiger partial charge in [-0.2, -0.15) is 0 Å². The molecule has 0 radical (unpaired) electrons. The molecule has 0 bridgehead atoms. The van der Waals surface area contributed by atoms with E-state index >= 15 is 0 Å². The molecule has 4 heteroatoms. The number of nitrogens with one attached hydrogen (secondary N) is 1. The Balaban J connectivity index is 2.34. The largest absolute Gasteiger partial charge is 0.463 e. The van der Waals surface area contributed by atoms with Crippen LogP contribution < -0.4 is 5.32 Å². The van der Waals surface area contributed by atoms with Crippen molar-refractivity contribution in [2.45, 2.75) is 44.6 Å². The summed E-state index contributed by atoms with van der Waals surface area (Å²) in [5, 5.41) is 3.30. The number of carbonyl (C=O) groups is 2. The summed E-state index contributed by atoms with van der Waals surface area (Å²) in [4.78, 5) is 22.3. The van der Waals surface area contributed by atoms with Gasteiger partial charge in [-0.1, -0.05) is 19.3 Å². The highest BCUT2D eigenvalue weighted by molar-refractivity contribution is 6.33. The lowest BCUT2D eigenvalue weighted by atomic mass is 10.00. The maximum Gasteiger partial charge on any atom is 0.374 e. The van der Waals surface area contributed by atoms with Gasteiger partial charge in [-0.05, 0) is 19.4 Å². The van der Waals surface area contributed by atoms with Crippen LogP contribution in [0.4, 0.5) is 0 Å². The molecule has 0 spiro atoms. The lowest BCUT2D eigenvalue weighted by Crippen LogP contribution is -2.35. The fourth-order valence-corrected chi connectivity index (χ4v) is 1.87. The van der Waals surface area contributed by atoms with Crippen molar-refractivity contribution in [2.75, 3.05) is 13.7 Å². The van der Waals surface area contributed by atoms with Crippen LogP contribution in [-0.4, -0.2) is 31.4 Å². The summed E-state index contributed by atoms with van der Waals surface area (Å²) in [5.41, 5.74) is 0. The van der Waals surface area contributed by atoms with Crippen LogP contribution in [0.5, 0.6) is 0 Å². The quantitative estimate of drug-likeness (QED) is 0.562. The van der Waals surface area contributed by atoms with Crippen LogP contribution >= 0.6 is 0 Å². The zero-order chi connectivity index (χ0) is 11.1. The summed E-state index contributed by atoms with van der Waals surface area (Å²) in [6, 6.07) is 0.150. The van der Waals surface area contributed by atoms with Crippen molar-refractivity contribution in [3.8, 4) is 0 Å². The first kappa shape index (κ1) is 12.2. The molecule has 0 aliphatic carbocycles. The second-order valence-corrected chi connectivity index (χ2v) is 3.97. The Bertz CT molecular complexity index is 220. The highest BCUT2D eigenvalue weighted by Gasteiger charge is 2.20. The number of methoxy groups -OCH3 is 1. The first-order chi connectivity index (χ1) is 7.24. The van der Waals surface area contributed by atoms with Crippen LogP contribution in [0.2, 0.25) is 0 Å². The van der Waals surface area contributed by atoms with Crippen molar-refractivity contribution in [3.05, 3.63) is 0 Å². The van der Waals surface area contributed by atoms with E-state index in [1.54, 1.807) is 0 Å². The lowest BCUT2D eigenvalue weighted by Gasteiger charge is -2.20. The summed E-state index contributed by atoms with van der Waals surface area (Å²) in [6.07, 6.45) is 6.01. The molecular weight excluding hydrogens is 194 g/mol. The standard InChI is InChI=1S/C11H19NO3/c1-15-11(14)10(13)8-9-6-4-2-3-5-7-12-9/h9,12H,2-8H2,1H3. The number of Topliss-reactive ketones (excluding diaryl/α,β-unsaturated/α-hetero) is 1. The molecule has 1 unspecified atom stereocenters. The van der Waals surface area contributed by atoms with Gasteiger partial charge < -0.3 is 10.1 Å². The van der Waals surface area contributed by atoms with E-state index in [1.165, 1.54) is 20.0 Å². The van der Waals surface area contributed by atoms with Gasteiger partial charge >= 0.3 is 5.97 Å². The van der Waals surface area contributed by atoms with Crippen LogP contribution in [0.3, 0.4) is 0 Å². The molecule has 1 saturated heterocycles. The Labute approximate surface area is 90.4 Å². The highest BCUT2D eigenvalue weighted by Crippen LogP contribution is 2.12. The molecular formula is C11H19NO3. The summed E-state index contributed by atoms with van der Waals surface area (Å²) in [7, 11) is 1.24. The van der Waals surface area contributed by atoms with Crippen molar-refractivity contribution in [2.24, 2.45) is 0 Å². The summed E-state index contributed by atoms with van der Waals surface area (Å²) in [6.45, 7) is 0.944. The second kappa shape index (κ2) is 6.56. The van der Waals surface area contributed by atoms with Gasteiger partial charge in [0.15, 0.2) is 0 Å². The van der Waals surface area contributed by atoms with Gasteiger partial charge in [0.25, 0.3) is 0 Å². The van der Waals surface area contributed by atoms with Gasteiger partial charge in [0.2, 0.25) is 5.78 Å². The van der Waals surface area contributed by atoms with E-state index in [1.807, 2.05) is 0 Å². The van der Waals surface area contributed by atoms with Crippen molar-refractivity contribution < 1.29 is 14.3 Å². The van der Waals surface area contributed by atoms with Gasteiger partial charge in [0, 0.05) is 12.5 Å². The van der Waals surface area contributed by atoms with Crippen molar-refractivity contribution in [1.82, 2.24) is 5.32 Å². The average Bonchev–Trinajstić information content (AvgIpc) is 2.20. The maximum atomic E-state index is 11.3. The van der Waals surface area contributed by atoms with Crippen molar-refractivity contribution >= 4 is 11.8 Å². The molecule has 0 aromatic rings. The molecule has 1 aliphatic heterocycles. The van der Waals surface area contributed by atoms with Gasteiger partial charge in [-0.3, -0.25) is 4.79 Å². The molecule has 0 aromatic carbocycles. The normalized spacial score (nSPS) is 22.6. The van der Waals surface area contributed by atoms with E-state index in [0.29, 0.717) is 0 Å². The minimum Gasteiger partial charge on any atom is -0.463 e. The Kier molecular flexibility index (Phi) is 5.32. The molecule has 4 nitrogen and oxygen atoms in total. The molecule has 15 heavy (non-hydrogen) atoms. The molecule has 1 N–H and O–H groups in total. The van der Waals surface area contributed by atoms with E-state index in [4.69, 9.17) is 0 Å². The third-order valence-corrected chi connectivity index (χ3v) is 2.76. The zero-order valence-corrected chi connectivity index (χ0v) is 9.25. The molecule has 0 amide bonds. The zero-order valence-electron chi connectivity index (χ0n) is 9.25. The Morgan fingerprint density at radius 3 is 2.73 bits per heavy atom. The van der Waals surface area contributed by atoms with Crippen LogP contribution in [0.25, 0.3) is 0 Å². The number of rotatable bonds is 3. The van der Waals surface area contributed by atoms with E-state index in [0.717, 1.165) is 25.8 Å². The summed E-state index contributed by atoms with van der Waals surface area (Å²) in [5.74, 6) is -1.14. The molecule has 1 aliphatic rings. The van der Waals surface area contributed by atoms with Crippen LogP contribution in [0.15, 0.2) is 0 Å². The number of hydrogen-bond donors (Lipinski definition) is 1. The van der Waals surface area contributed by atoms with Crippen LogP contribution in [-0.2, 0) is 14.3 Å². The van der Waals surface area contributed by atoms with Gasteiger partial charge in [0.05, 0.1) is 7.11 Å². The average molecular weight is 213 g/mol. The van der Waals surface area contributed by atoms with Gasteiger partial charge in [0.1, 0.15) is 0 Å². The predicted molar refractivity (Wildman–Crippen MR) is 56.5 cm³/mol. The number of ether oxygens (including phenoxy) is 1. The van der Waals surface area contributed by atoms with E-state index < -0.39 is 11.8 Å². The smallest absolute Gasteiger partial charge is 0.374 e. The fraction of sp³-hybridized carbons (Fsp3) is 0.818. The third-order valence-electron chi connectivity index (χ3n) is 2.76. The van der Waals surface area contributed by atoms with Gasteiger partial charge in [-0.15, -0.1) is 0 Å². The van der Waals surface area contributed by atoms with Crippen molar-refractivity contribution in [1.29, 1.82) is 0 Å². The summed E-state index contributed by atoms with van der Waals surface area (Å²) < 4.78 is 4.39. The monoisotopic (exact) mass is 213 g/mol. The number of esters is 1. The molecule has 86 valence electrons. The number of ketones is 1. The molecule has 1 rings (SSSR count). The number of hydrogen-bond acceptors (Lipinski definition) is 4. The molecule has 1 fully saturated rings. The first-order valence-corrected chi connectivity index (χ1v) is 5.58. The van der Waals surface area contributed by atoms with E-state index in [9.17, 15) is 9.59 Å². The third kappa shape index (κ3) is 4.42. The molecule has 1 atom stereocenters. The topological polar surface area (TPSA) is 55.4 Å². The van der Waals surface area contributed by atoms with E-state index in [-0.39, 0.29) is 12.5 Å². The minimum absolute atomic E-state index is 0.150. The van der Waals surface area contributed by atoms with E-state index in [2.05, 4.69) is 10.1 Å². The fourth-order valence-electron chi connectivity index (χ4n) is 1.87. The summed E-state index contributed by atoms with van der Waals surface area (Å²) >= 11 is 0. The Hall–Kier alpha value is -0.900. The molecule has 0 saturated carbocycles. The Morgan fingerprint density at radius 1 is 1.27 bits per heavy atom.